The Hall–Kier alpha value is -1.87. The van der Waals surface area contributed by atoms with Gasteiger partial charge in [-0.25, -0.2) is 4.79 Å². The predicted octanol–water partition coefficient (Wildman–Crippen LogP) is 3.59. The summed E-state index contributed by atoms with van der Waals surface area (Å²) >= 11 is 0. The van der Waals surface area contributed by atoms with E-state index in [-0.39, 0.29) is 25.9 Å². The van der Waals surface area contributed by atoms with Crippen molar-refractivity contribution >= 4 is 22.0 Å². The van der Waals surface area contributed by atoms with Crippen LogP contribution in [0, 0.1) is 0 Å². The predicted molar refractivity (Wildman–Crippen MR) is 98.6 cm³/mol. The summed E-state index contributed by atoms with van der Waals surface area (Å²) in [7, 11) is -6.02. The van der Waals surface area contributed by atoms with Crippen LogP contribution in [0.1, 0.15) is 46.0 Å². The zero-order valence-electron chi connectivity index (χ0n) is 17.4. The molecule has 0 aliphatic heterocycles. The van der Waals surface area contributed by atoms with Crippen LogP contribution in [-0.4, -0.2) is 66.7 Å². The Morgan fingerprint density at radius 1 is 1.03 bits per heavy atom. The van der Waals surface area contributed by atoms with Crippen molar-refractivity contribution in [3.8, 4) is 0 Å². The fourth-order valence-electron chi connectivity index (χ4n) is 2.25. The third-order valence-corrected chi connectivity index (χ3v) is 5.00. The topological polar surface area (TPSA) is 110 Å². The Morgan fingerprint density at radius 2 is 1.50 bits per heavy atom. The second-order valence-corrected chi connectivity index (χ2v) is 8.17. The van der Waals surface area contributed by atoms with Gasteiger partial charge in [0, 0.05) is 13.1 Å². The van der Waals surface area contributed by atoms with Crippen LogP contribution in [0.4, 0.5) is 26.3 Å². The first-order valence-corrected chi connectivity index (χ1v) is 10.8. The van der Waals surface area contributed by atoms with Gasteiger partial charge in [-0.1, -0.05) is 33.3 Å². The van der Waals surface area contributed by atoms with Gasteiger partial charge in [0.1, 0.15) is 0 Å². The molecule has 188 valence electrons. The molecule has 15 heteroatoms. The molecule has 0 aromatic rings. The normalized spacial score (nSPS) is 14.5. The van der Waals surface area contributed by atoms with Gasteiger partial charge in [-0.15, -0.1) is 0 Å². The Kier molecular flexibility index (Phi) is 11.1. The fraction of sp³-hybridized carbons (Fsp3) is 0.765. The number of esters is 1. The minimum absolute atomic E-state index is 0.216. The minimum atomic E-state index is -6.02. The lowest BCUT2D eigenvalue weighted by molar-refractivity contribution is -0.351. The molecule has 0 aromatic carbocycles. The molecule has 0 radical (unpaired) electrons. The first-order chi connectivity index (χ1) is 14.5. The second-order valence-electron chi connectivity index (χ2n) is 6.62. The molecule has 1 N–H and O–H groups in total. The summed E-state index contributed by atoms with van der Waals surface area (Å²) in [4.78, 5) is 25.0. The first-order valence-electron chi connectivity index (χ1n) is 9.39. The van der Waals surface area contributed by atoms with Crippen molar-refractivity contribution in [1.82, 2.24) is 4.90 Å². The van der Waals surface area contributed by atoms with E-state index in [1.54, 1.807) is 13.8 Å². The van der Waals surface area contributed by atoms with Crippen molar-refractivity contribution in [3.63, 3.8) is 0 Å². The number of amides is 1. The van der Waals surface area contributed by atoms with Gasteiger partial charge in [0.05, 0.1) is 13.0 Å². The second kappa shape index (κ2) is 11.8. The maximum Gasteiger partial charge on any atom is 0.466 e. The van der Waals surface area contributed by atoms with E-state index < -0.39 is 58.1 Å². The molecule has 0 spiro atoms. The van der Waals surface area contributed by atoms with E-state index in [2.05, 4.69) is 16.1 Å². The van der Waals surface area contributed by atoms with Crippen LogP contribution in [0.2, 0.25) is 0 Å². The van der Waals surface area contributed by atoms with Gasteiger partial charge in [-0.3, -0.25) is 9.35 Å². The molecule has 0 bridgehead atoms. The van der Waals surface area contributed by atoms with Crippen LogP contribution in [0.15, 0.2) is 12.4 Å². The van der Waals surface area contributed by atoms with Crippen LogP contribution in [0.3, 0.4) is 0 Å². The number of alkyl halides is 5. The smallest absolute Gasteiger partial charge is 0.410 e. The number of carbonyl (C=O) groups excluding carboxylic acids is 2. The number of carbonyl (C=O) groups is 2. The van der Waals surface area contributed by atoms with Gasteiger partial charge in [-0.2, -0.15) is 34.8 Å². The Balaban J connectivity index is 6.28. The van der Waals surface area contributed by atoms with Crippen molar-refractivity contribution in [2.75, 3.05) is 19.7 Å². The molecule has 0 heterocycles. The highest BCUT2D eigenvalue weighted by molar-refractivity contribution is 7.86. The van der Waals surface area contributed by atoms with E-state index in [1.807, 2.05) is 0 Å². The lowest BCUT2D eigenvalue weighted by atomic mass is 10.1. The van der Waals surface area contributed by atoms with Crippen molar-refractivity contribution in [2.45, 2.75) is 63.2 Å². The van der Waals surface area contributed by atoms with Gasteiger partial charge >= 0.3 is 39.2 Å². The number of halogens is 6. The van der Waals surface area contributed by atoms with Crippen molar-refractivity contribution < 1.29 is 58.4 Å². The average molecular weight is 501 g/mol. The third kappa shape index (κ3) is 7.92. The van der Waals surface area contributed by atoms with Crippen molar-refractivity contribution in [1.29, 1.82) is 0 Å². The zero-order valence-corrected chi connectivity index (χ0v) is 18.2. The van der Waals surface area contributed by atoms with Crippen LogP contribution in [0.25, 0.3) is 0 Å². The number of ether oxygens (including phenoxy) is 2. The molecule has 0 fully saturated rings. The lowest BCUT2D eigenvalue weighted by Crippen LogP contribution is -2.62. The largest absolute Gasteiger partial charge is 0.466 e. The first kappa shape index (κ1) is 30.1. The Bertz CT molecular complexity index is 764. The Morgan fingerprint density at radius 3 is 1.84 bits per heavy atom. The molecule has 0 saturated heterocycles. The minimum Gasteiger partial charge on any atom is -0.410 e. The fourth-order valence-corrected chi connectivity index (χ4v) is 2.59. The van der Waals surface area contributed by atoms with Gasteiger partial charge in [0.15, 0.2) is 0 Å². The summed E-state index contributed by atoms with van der Waals surface area (Å²) in [5, 5.41) is -4.94. The Labute approximate surface area is 181 Å². The summed E-state index contributed by atoms with van der Waals surface area (Å²) < 4.78 is 120. The molecule has 0 aliphatic rings. The van der Waals surface area contributed by atoms with Crippen LogP contribution in [0.5, 0.6) is 0 Å². The summed E-state index contributed by atoms with van der Waals surface area (Å²) in [6.07, 6.45) is -6.61. The standard InChI is InChI=1S/C17H25F6NO7S/c1-4-6-9-24(10-7-5-2)14(26)16(17(21,22)23,31-13(25)12(3)18)30-11-8-15(19,20)32(27,28)29/h3-11H2,1-2H3,(H,27,28,29). The zero-order chi connectivity index (χ0) is 25.4. The summed E-state index contributed by atoms with van der Waals surface area (Å²) in [6.45, 7) is 3.45. The van der Waals surface area contributed by atoms with Crippen LogP contribution in [-0.2, 0) is 29.2 Å². The highest BCUT2D eigenvalue weighted by Gasteiger charge is 2.67. The molecule has 0 saturated carbocycles. The molecule has 1 atom stereocenters. The molecular weight excluding hydrogens is 476 g/mol. The van der Waals surface area contributed by atoms with Crippen molar-refractivity contribution in [2.24, 2.45) is 0 Å². The van der Waals surface area contributed by atoms with Crippen LogP contribution >= 0.6 is 0 Å². The van der Waals surface area contributed by atoms with Gasteiger partial charge in [0.2, 0.25) is 5.83 Å². The third-order valence-electron chi connectivity index (χ3n) is 4.04. The number of unbranched alkanes of at least 4 members (excludes halogenated alkanes) is 2. The number of hydrogen-bond donors (Lipinski definition) is 1. The monoisotopic (exact) mass is 501 g/mol. The number of nitrogens with zero attached hydrogens (tertiary/aromatic N) is 1. The molecule has 32 heavy (non-hydrogen) atoms. The van der Waals surface area contributed by atoms with E-state index in [4.69, 9.17) is 4.55 Å². The van der Waals surface area contributed by atoms with E-state index in [1.165, 1.54) is 0 Å². The molecular formula is C17H25F6NO7S. The van der Waals surface area contributed by atoms with E-state index >= 15 is 0 Å². The highest BCUT2D eigenvalue weighted by atomic mass is 32.2. The van der Waals surface area contributed by atoms with Gasteiger partial charge in [0.25, 0.3) is 0 Å². The molecule has 1 amide bonds. The van der Waals surface area contributed by atoms with E-state index in [9.17, 15) is 44.3 Å². The molecule has 0 aromatic heterocycles. The highest BCUT2D eigenvalue weighted by Crippen LogP contribution is 2.38. The molecule has 8 nitrogen and oxygen atoms in total. The van der Waals surface area contributed by atoms with Crippen LogP contribution < -0.4 is 0 Å². The quantitative estimate of drug-likeness (QED) is 0.127. The van der Waals surface area contributed by atoms with Gasteiger partial charge in [-0.05, 0) is 12.8 Å². The average Bonchev–Trinajstić information content (AvgIpc) is 2.64. The molecule has 0 rings (SSSR count). The van der Waals surface area contributed by atoms with Crippen molar-refractivity contribution in [3.05, 3.63) is 12.4 Å². The van der Waals surface area contributed by atoms with Gasteiger partial charge < -0.3 is 14.4 Å². The SMILES string of the molecule is C=C(F)C(=O)OC(OCCC(F)(F)S(=O)(=O)O)(C(=O)N(CCCC)CCCC)C(F)(F)F. The maximum absolute atomic E-state index is 14.0. The number of hydrogen-bond acceptors (Lipinski definition) is 6. The summed E-state index contributed by atoms with van der Waals surface area (Å²) in [6, 6.07) is 0. The van der Waals surface area contributed by atoms with E-state index in [0.717, 1.165) is 0 Å². The summed E-state index contributed by atoms with van der Waals surface area (Å²) in [5.41, 5.74) is 0. The molecule has 1 unspecified atom stereocenters. The summed E-state index contributed by atoms with van der Waals surface area (Å²) in [5.74, 6) is -11.0. The maximum atomic E-state index is 14.0. The number of rotatable bonds is 14. The lowest BCUT2D eigenvalue weighted by Gasteiger charge is -2.37. The molecule has 0 aliphatic carbocycles. The van der Waals surface area contributed by atoms with E-state index in [0.29, 0.717) is 17.7 Å².